The quantitative estimate of drug-likeness (QED) is 0.662. The molecule has 1 aromatic rings. The number of hydrogen-bond donors (Lipinski definition) is 1. The Labute approximate surface area is 165 Å². The Balaban J connectivity index is 1.06. The first-order valence-electron chi connectivity index (χ1n) is 11.3. The van der Waals surface area contributed by atoms with Gasteiger partial charge in [0.25, 0.3) is 0 Å². The first kappa shape index (κ1) is 19.4. The third-order valence-corrected chi connectivity index (χ3v) is 7.37. The van der Waals surface area contributed by atoms with Crippen LogP contribution in [0.1, 0.15) is 50.5 Å². The van der Waals surface area contributed by atoms with E-state index in [1.165, 1.54) is 56.9 Å². The van der Waals surface area contributed by atoms with Crippen LogP contribution in [0.4, 0.5) is 0 Å². The summed E-state index contributed by atoms with van der Waals surface area (Å²) in [7, 11) is 0. The average molecular weight is 372 g/mol. The number of rotatable bonds is 9. The molecular formula is C24H37NO2. The largest absolute Gasteiger partial charge is 0.389 e. The highest BCUT2D eigenvalue weighted by molar-refractivity contribution is 5.15. The van der Waals surface area contributed by atoms with E-state index >= 15 is 0 Å². The second kappa shape index (κ2) is 9.54. The van der Waals surface area contributed by atoms with Crippen LogP contribution in [0.3, 0.4) is 0 Å². The first-order chi connectivity index (χ1) is 13.3. The standard InChI is InChI=1S/C24H37NO2/c26-24(18-27-13-10-23-16-21-6-7-22(23)15-21)17-25-11-8-20(9-12-25)14-19-4-2-1-3-5-19/h1-5,20-24,26H,6-18H2/t21-,22-,23-,24-/m0/s1. The number of benzene rings is 1. The second-order valence-corrected chi connectivity index (χ2v) is 9.39. The van der Waals surface area contributed by atoms with Gasteiger partial charge in [-0.2, -0.15) is 0 Å². The molecule has 3 heteroatoms. The Morgan fingerprint density at radius 2 is 1.85 bits per heavy atom. The molecule has 2 bridgehead atoms. The minimum absolute atomic E-state index is 0.337. The summed E-state index contributed by atoms with van der Waals surface area (Å²) in [5, 5.41) is 10.3. The third-order valence-electron chi connectivity index (χ3n) is 7.37. The maximum atomic E-state index is 10.3. The highest BCUT2D eigenvalue weighted by Gasteiger charge is 2.38. The van der Waals surface area contributed by atoms with Gasteiger partial charge in [-0.25, -0.2) is 0 Å². The van der Waals surface area contributed by atoms with Crippen LogP contribution >= 0.6 is 0 Å². The Morgan fingerprint density at radius 3 is 2.56 bits per heavy atom. The van der Waals surface area contributed by atoms with Crippen molar-refractivity contribution in [1.29, 1.82) is 0 Å². The number of aliphatic hydroxyl groups excluding tert-OH is 1. The monoisotopic (exact) mass is 371 g/mol. The van der Waals surface area contributed by atoms with Crippen LogP contribution in [0.2, 0.25) is 0 Å². The van der Waals surface area contributed by atoms with Crippen LogP contribution < -0.4 is 0 Å². The molecular weight excluding hydrogens is 334 g/mol. The van der Waals surface area contributed by atoms with Crippen LogP contribution in [0.25, 0.3) is 0 Å². The zero-order valence-corrected chi connectivity index (χ0v) is 16.8. The smallest absolute Gasteiger partial charge is 0.0900 e. The number of nitrogens with zero attached hydrogens (tertiary/aromatic N) is 1. The van der Waals surface area contributed by atoms with Gasteiger partial charge < -0.3 is 14.7 Å². The Hall–Kier alpha value is -0.900. The van der Waals surface area contributed by atoms with E-state index in [-0.39, 0.29) is 6.10 Å². The van der Waals surface area contributed by atoms with Gasteiger partial charge in [0.05, 0.1) is 12.7 Å². The van der Waals surface area contributed by atoms with E-state index in [1.54, 1.807) is 0 Å². The van der Waals surface area contributed by atoms with Gasteiger partial charge in [-0.15, -0.1) is 0 Å². The molecule has 1 N–H and O–H groups in total. The molecule has 4 atom stereocenters. The van der Waals surface area contributed by atoms with Gasteiger partial charge in [-0.3, -0.25) is 0 Å². The molecule has 1 aromatic carbocycles. The number of piperidine rings is 1. The van der Waals surface area contributed by atoms with Gasteiger partial charge in [0, 0.05) is 13.2 Å². The molecule has 3 fully saturated rings. The summed E-state index contributed by atoms with van der Waals surface area (Å²) in [6.45, 7) is 4.33. The lowest BCUT2D eigenvalue weighted by Gasteiger charge is -2.33. The molecule has 2 aliphatic carbocycles. The summed E-state index contributed by atoms with van der Waals surface area (Å²) in [6.07, 6.45) is 10.4. The summed E-state index contributed by atoms with van der Waals surface area (Å²) in [5.41, 5.74) is 1.46. The van der Waals surface area contributed by atoms with Gasteiger partial charge in [0.15, 0.2) is 0 Å². The fourth-order valence-electron chi connectivity index (χ4n) is 5.86. The van der Waals surface area contributed by atoms with E-state index in [0.29, 0.717) is 6.61 Å². The molecule has 1 saturated heterocycles. The number of ether oxygens (including phenoxy) is 1. The average Bonchev–Trinajstić information content (AvgIpc) is 3.31. The summed E-state index contributed by atoms with van der Waals surface area (Å²) in [6, 6.07) is 10.8. The molecule has 4 rings (SSSR count). The number of β-amino-alcohol motifs (C(OH)–C–C–N with tert-alkyl or cyclic N) is 1. The minimum atomic E-state index is -0.337. The van der Waals surface area contributed by atoms with E-state index in [9.17, 15) is 5.11 Å². The van der Waals surface area contributed by atoms with Crippen molar-refractivity contribution in [2.75, 3.05) is 32.8 Å². The molecule has 0 radical (unpaired) electrons. The third kappa shape index (κ3) is 5.56. The Bertz CT molecular complexity index is 555. The molecule has 3 nitrogen and oxygen atoms in total. The van der Waals surface area contributed by atoms with Gasteiger partial charge in [-0.05, 0) is 87.3 Å². The van der Waals surface area contributed by atoms with Crippen molar-refractivity contribution in [3.05, 3.63) is 35.9 Å². The second-order valence-electron chi connectivity index (χ2n) is 9.39. The number of aliphatic hydroxyl groups is 1. The maximum Gasteiger partial charge on any atom is 0.0900 e. The van der Waals surface area contributed by atoms with Crippen LogP contribution in [-0.2, 0) is 11.2 Å². The molecule has 1 aliphatic heterocycles. The van der Waals surface area contributed by atoms with Crippen molar-refractivity contribution in [3.8, 4) is 0 Å². The molecule has 150 valence electrons. The predicted octanol–water partition coefficient (Wildman–Crippen LogP) is 4.14. The topological polar surface area (TPSA) is 32.7 Å². The van der Waals surface area contributed by atoms with Crippen molar-refractivity contribution in [2.24, 2.45) is 23.7 Å². The summed E-state index contributed by atoms with van der Waals surface area (Å²) >= 11 is 0. The number of hydrogen-bond acceptors (Lipinski definition) is 3. The summed E-state index contributed by atoms with van der Waals surface area (Å²) in [4.78, 5) is 2.42. The van der Waals surface area contributed by atoms with Crippen molar-refractivity contribution in [1.82, 2.24) is 4.90 Å². The van der Waals surface area contributed by atoms with E-state index in [1.807, 2.05) is 0 Å². The molecule has 27 heavy (non-hydrogen) atoms. The summed E-state index contributed by atoms with van der Waals surface area (Å²) < 4.78 is 5.83. The summed E-state index contributed by atoms with van der Waals surface area (Å²) in [5.74, 6) is 3.71. The van der Waals surface area contributed by atoms with Crippen LogP contribution in [0.15, 0.2) is 30.3 Å². The highest BCUT2D eigenvalue weighted by Crippen LogP contribution is 2.49. The lowest BCUT2D eigenvalue weighted by Crippen LogP contribution is -2.40. The van der Waals surface area contributed by atoms with Gasteiger partial charge in [-0.1, -0.05) is 36.8 Å². The van der Waals surface area contributed by atoms with Crippen molar-refractivity contribution < 1.29 is 9.84 Å². The van der Waals surface area contributed by atoms with Crippen LogP contribution in [0, 0.1) is 23.7 Å². The lowest BCUT2D eigenvalue weighted by molar-refractivity contribution is 0.00547. The van der Waals surface area contributed by atoms with Crippen molar-refractivity contribution in [2.45, 2.75) is 57.5 Å². The Kier molecular flexibility index (Phi) is 6.86. The van der Waals surface area contributed by atoms with E-state index in [4.69, 9.17) is 4.74 Å². The molecule has 0 spiro atoms. The first-order valence-corrected chi connectivity index (χ1v) is 11.3. The zero-order chi connectivity index (χ0) is 18.5. The highest BCUT2D eigenvalue weighted by atomic mass is 16.5. The SMILES string of the molecule is O[C@H](COCC[C@H]1C[C@H]2CC[C@H]1C2)CN1CCC(Cc2ccccc2)CC1. The molecule has 0 unspecified atom stereocenters. The normalized spacial score (nSPS) is 30.0. The molecule has 0 amide bonds. The lowest BCUT2D eigenvalue weighted by atomic mass is 9.87. The van der Waals surface area contributed by atoms with E-state index < -0.39 is 0 Å². The minimum Gasteiger partial charge on any atom is -0.389 e. The van der Waals surface area contributed by atoms with E-state index in [0.717, 1.165) is 49.9 Å². The van der Waals surface area contributed by atoms with Crippen molar-refractivity contribution >= 4 is 0 Å². The molecule has 0 aromatic heterocycles. The van der Waals surface area contributed by atoms with E-state index in [2.05, 4.69) is 35.2 Å². The van der Waals surface area contributed by atoms with Crippen LogP contribution in [0.5, 0.6) is 0 Å². The maximum absolute atomic E-state index is 10.3. The fourth-order valence-corrected chi connectivity index (χ4v) is 5.86. The van der Waals surface area contributed by atoms with Crippen LogP contribution in [-0.4, -0.2) is 49.0 Å². The zero-order valence-electron chi connectivity index (χ0n) is 16.8. The van der Waals surface area contributed by atoms with Crippen molar-refractivity contribution in [3.63, 3.8) is 0 Å². The molecule has 2 saturated carbocycles. The predicted molar refractivity (Wildman–Crippen MR) is 110 cm³/mol. The number of fused-ring (bicyclic) bond motifs is 2. The van der Waals surface area contributed by atoms with Gasteiger partial charge in [0.1, 0.15) is 0 Å². The molecule has 3 aliphatic rings. The molecule has 1 heterocycles. The fraction of sp³-hybridized carbons (Fsp3) is 0.750. The Morgan fingerprint density at radius 1 is 1.04 bits per heavy atom. The number of likely N-dealkylation sites (tertiary alicyclic amines) is 1. The van der Waals surface area contributed by atoms with Gasteiger partial charge in [0.2, 0.25) is 0 Å². The van der Waals surface area contributed by atoms with Gasteiger partial charge >= 0.3 is 0 Å².